The Labute approximate surface area is 180 Å². The summed E-state index contributed by atoms with van der Waals surface area (Å²) in [5, 5.41) is 16.5. The molecule has 3 aromatic rings. The van der Waals surface area contributed by atoms with E-state index < -0.39 is 29.4 Å². The third kappa shape index (κ3) is 4.42. The number of amides is 1. The van der Waals surface area contributed by atoms with Gasteiger partial charge in [-0.2, -0.15) is 18.3 Å². The number of aromatic carboxylic acids is 1. The number of piperidine rings is 1. The quantitative estimate of drug-likeness (QED) is 0.635. The van der Waals surface area contributed by atoms with Crippen molar-refractivity contribution >= 4 is 23.1 Å². The van der Waals surface area contributed by atoms with Gasteiger partial charge in [-0.15, -0.1) is 0 Å². The molecule has 4 heterocycles. The van der Waals surface area contributed by atoms with Crippen LogP contribution in [0.3, 0.4) is 0 Å². The number of rotatable bonds is 4. The zero-order valence-corrected chi connectivity index (χ0v) is 17.1. The van der Waals surface area contributed by atoms with Crippen molar-refractivity contribution in [2.24, 2.45) is 0 Å². The fraction of sp³-hybridized carbons (Fsp3) is 0.333. The number of likely N-dealkylation sites (tertiary alicyclic amines) is 1. The lowest BCUT2D eigenvalue weighted by Crippen LogP contribution is -2.29. The molecule has 0 aromatic carbocycles. The van der Waals surface area contributed by atoms with Gasteiger partial charge in [-0.05, 0) is 57.2 Å². The lowest BCUT2D eigenvalue weighted by Gasteiger charge is -2.27. The van der Waals surface area contributed by atoms with E-state index in [4.69, 9.17) is 0 Å². The largest absolute Gasteiger partial charge is 0.478 e. The first-order valence-corrected chi connectivity index (χ1v) is 9.92. The maximum Gasteiger partial charge on any atom is 0.433 e. The van der Waals surface area contributed by atoms with E-state index in [1.807, 2.05) is 13.1 Å². The number of aromatic nitrogens is 3. The van der Waals surface area contributed by atoms with Crippen LogP contribution in [0.2, 0.25) is 0 Å². The number of carboxylic acid groups (broad SMARTS) is 1. The smallest absolute Gasteiger partial charge is 0.433 e. The molecule has 0 aliphatic carbocycles. The highest BCUT2D eigenvalue weighted by molar-refractivity contribution is 6.07. The number of anilines is 1. The minimum absolute atomic E-state index is 0.0518. The highest BCUT2D eigenvalue weighted by Crippen LogP contribution is 2.30. The van der Waals surface area contributed by atoms with Crippen molar-refractivity contribution in [2.75, 3.05) is 25.5 Å². The van der Waals surface area contributed by atoms with Crippen LogP contribution < -0.4 is 5.32 Å². The zero-order chi connectivity index (χ0) is 23.0. The maximum atomic E-state index is 12.9. The average molecular weight is 447 g/mol. The molecule has 0 atom stereocenters. The molecule has 0 bridgehead atoms. The molecule has 1 fully saturated rings. The van der Waals surface area contributed by atoms with Gasteiger partial charge in [0.1, 0.15) is 17.0 Å². The van der Waals surface area contributed by atoms with Gasteiger partial charge in [0.15, 0.2) is 0 Å². The number of alkyl halides is 3. The van der Waals surface area contributed by atoms with Gasteiger partial charge in [-0.3, -0.25) is 4.79 Å². The first-order valence-electron chi connectivity index (χ1n) is 9.92. The van der Waals surface area contributed by atoms with E-state index >= 15 is 0 Å². The van der Waals surface area contributed by atoms with Crippen molar-refractivity contribution in [1.82, 2.24) is 19.5 Å². The van der Waals surface area contributed by atoms with Crippen LogP contribution in [0.1, 0.15) is 51.0 Å². The number of nitrogens with zero attached hydrogens (tertiary/aromatic N) is 4. The van der Waals surface area contributed by atoms with Crippen LogP contribution in [-0.4, -0.2) is 56.6 Å². The van der Waals surface area contributed by atoms with Crippen molar-refractivity contribution in [2.45, 2.75) is 24.9 Å². The van der Waals surface area contributed by atoms with Gasteiger partial charge in [-0.1, -0.05) is 6.07 Å². The molecule has 4 rings (SSSR count). The van der Waals surface area contributed by atoms with Gasteiger partial charge in [-0.25, -0.2) is 14.3 Å². The van der Waals surface area contributed by atoms with Crippen LogP contribution in [-0.2, 0) is 6.18 Å². The lowest BCUT2D eigenvalue weighted by atomic mass is 9.94. The SMILES string of the molecule is CN1CCC(c2cc3cc(NC(=O)c4cccc(C(F)(F)F)n4)c(C(=O)O)cn3n2)CC1. The Balaban J connectivity index is 1.65. The number of carbonyl (C=O) groups is 2. The second-order valence-electron chi connectivity index (χ2n) is 7.78. The maximum absolute atomic E-state index is 12.9. The Bertz CT molecular complexity index is 1180. The Kier molecular flexibility index (Phi) is 5.59. The van der Waals surface area contributed by atoms with Gasteiger partial charge in [0.2, 0.25) is 0 Å². The third-order valence-corrected chi connectivity index (χ3v) is 5.50. The van der Waals surface area contributed by atoms with Crippen molar-refractivity contribution in [3.8, 4) is 0 Å². The molecule has 0 spiro atoms. The summed E-state index contributed by atoms with van der Waals surface area (Å²) in [6.07, 6.45) is -1.57. The summed E-state index contributed by atoms with van der Waals surface area (Å²) < 4.78 is 40.1. The number of halogens is 3. The summed E-state index contributed by atoms with van der Waals surface area (Å²) in [4.78, 5) is 29.8. The highest BCUT2D eigenvalue weighted by atomic mass is 19.4. The van der Waals surface area contributed by atoms with Crippen molar-refractivity contribution in [3.05, 3.63) is 59.2 Å². The van der Waals surface area contributed by atoms with E-state index in [0.717, 1.165) is 49.8 Å². The first-order chi connectivity index (χ1) is 15.1. The number of nitrogens with one attached hydrogen (secondary N) is 1. The molecule has 1 saturated heterocycles. The normalized spacial score (nSPS) is 15.8. The van der Waals surface area contributed by atoms with E-state index in [0.29, 0.717) is 5.52 Å². The van der Waals surface area contributed by atoms with Crippen LogP contribution in [0.15, 0.2) is 36.5 Å². The van der Waals surface area contributed by atoms with Crippen molar-refractivity contribution in [1.29, 1.82) is 0 Å². The molecule has 32 heavy (non-hydrogen) atoms. The van der Waals surface area contributed by atoms with Crippen molar-refractivity contribution < 1.29 is 27.9 Å². The summed E-state index contributed by atoms with van der Waals surface area (Å²) >= 11 is 0. The zero-order valence-electron chi connectivity index (χ0n) is 17.1. The van der Waals surface area contributed by atoms with Crippen LogP contribution in [0, 0.1) is 0 Å². The average Bonchev–Trinajstić information content (AvgIpc) is 3.16. The van der Waals surface area contributed by atoms with Crippen LogP contribution in [0.25, 0.3) is 5.52 Å². The molecular weight excluding hydrogens is 427 g/mol. The third-order valence-electron chi connectivity index (χ3n) is 5.50. The minimum atomic E-state index is -4.71. The summed E-state index contributed by atoms with van der Waals surface area (Å²) in [6, 6.07) is 6.22. The number of carboxylic acids is 1. The van der Waals surface area contributed by atoms with Crippen LogP contribution >= 0.6 is 0 Å². The summed E-state index contributed by atoms with van der Waals surface area (Å²) in [7, 11) is 2.05. The predicted octanol–water partition coefficient (Wildman–Crippen LogP) is 3.51. The predicted molar refractivity (Wildman–Crippen MR) is 109 cm³/mol. The Hall–Kier alpha value is -3.47. The molecular formula is C21H20F3N5O3. The molecule has 3 aromatic heterocycles. The van der Waals surface area contributed by atoms with Crippen molar-refractivity contribution in [3.63, 3.8) is 0 Å². The first kappa shape index (κ1) is 21.8. The highest BCUT2D eigenvalue weighted by Gasteiger charge is 2.33. The Morgan fingerprint density at radius 3 is 2.56 bits per heavy atom. The fourth-order valence-electron chi connectivity index (χ4n) is 3.74. The number of hydrogen-bond acceptors (Lipinski definition) is 5. The van der Waals surface area contributed by atoms with E-state index in [1.54, 1.807) is 0 Å². The van der Waals surface area contributed by atoms with Crippen LogP contribution in [0.5, 0.6) is 0 Å². The Morgan fingerprint density at radius 2 is 1.91 bits per heavy atom. The molecule has 1 aliphatic rings. The molecule has 8 nitrogen and oxygen atoms in total. The van der Waals surface area contributed by atoms with E-state index in [-0.39, 0.29) is 17.2 Å². The monoisotopic (exact) mass is 447 g/mol. The second kappa shape index (κ2) is 8.23. The number of hydrogen-bond donors (Lipinski definition) is 2. The van der Waals surface area contributed by atoms with Gasteiger partial charge >= 0.3 is 12.1 Å². The minimum Gasteiger partial charge on any atom is -0.478 e. The van der Waals surface area contributed by atoms with E-state index in [1.165, 1.54) is 16.8 Å². The summed E-state index contributed by atoms with van der Waals surface area (Å²) in [6.45, 7) is 1.87. The molecule has 0 radical (unpaired) electrons. The molecule has 168 valence electrons. The number of pyridine rings is 2. The fourth-order valence-corrected chi connectivity index (χ4v) is 3.74. The lowest BCUT2D eigenvalue weighted by molar-refractivity contribution is -0.141. The molecule has 1 amide bonds. The summed E-state index contributed by atoms with van der Waals surface area (Å²) in [5.74, 6) is -2.01. The number of carbonyl (C=O) groups excluding carboxylic acids is 1. The molecule has 1 aliphatic heterocycles. The topological polar surface area (TPSA) is 99.8 Å². The van der Waals surface area contributed by atoms with E-state index in [9.17, 15) is 27.9 Å². The molecule has 2 N–H and O–H groups in total. The van der Waals surface area contributed by atoms with E-state index in [2.05, 4.69) is 20.3 Å². The second-order valence-corrected chi connectivity index (χ2v) is 7.78. The van der Waals surface area contributed by atoms with Gasteiger partial charge in [0.05, 0.1) is 16.9 Å². The van der Waals surface area contributed by atoms with Crippen LogP contribution in [0.4, 0.5) is 18.9 Å². The summed E-state index contributed by atoms with van der Waals surface area (Å²) in [5.41, 5.74) is -0.581. The standard InChI is InChI=1S/C21H20F3N5O3/c1-28-7-5-12(6-8-28)16-9-13-10-17(14(20(31)32)11-29(13)27-16)26-19(30)15-3-2-4-18(25-15)21(22,23)24/h2-4,9-12H,5-8H2,1H3,(H,26,30)(H,31,32). The van der Waals surface area contributed by atoms with Gasteiger partial charge in [0, 0.05) is 12.1 Å². The Morgan fingerprint density at radius 1 is 1.19 bits per heavy atom. The van der Waals surface area contributed by atoms with Gasteiger partial charge < -0.3 is 15.3 Å². The van der Waals surface area contributed by atoms with Gasteiger partial charge in [0.25, 0.3) is 5.91 Å². The molecule has 11 heteroatoms. The molecule has 0 saturated carbocycles. The molecule has 0 unspecified atom stereocenters. The number of fused-ring (bicyclic) bond motifs is 1.